The van der Waals surface area contributed by atoms with Crippen molar-refractivity contribution in [2.75, 3.05) is 17.3 Å². The maximum Gasteiger partial charge on any atom is 0.315 e. The number of esters is 1. The number of aryl methyl sites for hydroxylation is 1. The summed E-state index contributed by atoms with van der Waals surface area (Å²) in [5, 5.41) is -0.511. The van der Waals surface area contributed by atoms with Gasteiger partial charge in [0.1, 0.15) is 0 Å². The highest BCUT2D eigenvalue weighted by molar-refractivity contribution is 8.01. The Morgan fingerprint density at radius 1 is 1.27 bits per heavy atom. The number of ether oxygens (including phenoxy) is 1. The molecule has 1 aliphatic rings. The SMILES string of the molecule is CCOC(=O)CS[C@@H]1CC(=O)N(c2ccc(CC)cc2)C1=O. The molecular formula is C16H19NO4S. The molecule has 1 atom stereocenters. The van der Waals surface area contributed by atoms with Crippen LogP contribution in [0.1, 0.15) is 25.8 Å². The van der Waals surface area contributed by atoms with Crippen LogP contribution in [0.5, 0.6) is 0 Å². The van der Waals surface area contributed by atoms with Gasteiger partial charge >= 0.3 is 5.97 Å². The summed E-state index contributed by atoms with van der Waals surface area (Å²) in [5.74, 6) is -0.766. The summed E-state index contributed by atoms with van der Waals surface area (Å²) in [6.07, 6.45) is 1.03. The van der Waals surface area contributed by atoms with Gasteiger partial charge in [-0.25, -0.2) is 4.90 Å². The van der Waals surface area contributed by atoms with E-state index in [1.807, 2.05) is 19.1 Å². The predicted octanol–water partition coefficient (Wildman–Crippen LogP) is 2.18. The molecule has 2 rings (SSSR count). The van der Waals surface area contributed by atoms with E-state index in [-0.39, 0.29) is 30.0 Å². The number of carbonyl (C=O) groups excluding carboxylic acids is 3. The van der Waals surface area contributed by atoms with Gasteiger partial charge in [0.2, 0.25) is 11.8 Å². The minimum absolute atomic E-state index is 0.0835. The van der Waals surface area contributed by atoms with Gasteiger partial charge in [0.05, 0.1) is 23.3 Å². The van der Waals surface area contributed by atoms with Crippen molar-refractivity contribution >= 4 is 35.2 Å². The summed E-state index contributed by atoms with van der Waals surface area (Å²) in [7, 11) is 0. The van der Waals surface area contributed by atoms with Crippen molar-refractivity contribution in [3.8, 4) is 0 Å². The molecule has 1 aromatic carbocycles. The van der Waals surface area contributed by atoms with E-state index in [4.69, 9.17) is 4.74 Å². The van der Waals surface area contributed by atoms with Crippen LogP contribution >= 0.6 is 11.8 Å². The maximum absolute atomic E-state index is 12.4. The highest BCUT2D eigenvalue weighted by Crippen LogP contribution is 2.29. The van der Waals surface area contributed by atoms with Crippen molar-refractivity contribution in [1.29, 1.82) is 0 Å². The van der Waals surface area contributed by atoms with E-state index < -0.39 is 5.25 Å². The monoisotopic (exact) mass is 321 g/mol. The van der Waals surface area contributed by atoms with Gasteiger partial charge in [-0.2, -0.15) is 0 Å². The van der Waals surface area contributed by atoms with E-state index in [0.29, 0.717) is 12.3 Å². The Bertz CT molecular complexity index is 570. The topological polar surface area (TPSA) is 63.7 Å². The summed E-state index contributed by atoms with van der Waals surface area (Å²) in [6, 6.07) is 7.39. The number of anilines is 1. The molecule has 1 fully saturated rings. The summed E-state index contributed by atoms with van der Waals surface area (Å²) < 4.78 is 4.83. The Labute approximate surface area is 134 Å². The molecule has 0 bridgehead atoms. The van der Waals surface area contributed by atoms with Crippen LogP contribution in [0.3, 0.4) is 0 Å². The van der Waals surface area contributed by atoms with Gasteiger partial charge < -0.3 is 4.74 Å². The number of benzene rings is 1. The fourth-order valence-corrected chi connectivity index (χ4v) is 3.19. The molecule has 1 aromatic rings. The first-order valence-electron chi connectivity index (χ1n) is 7.29. The average molecular weight is 321 g/mol. The van der Waals surface area contributed by atoms with E-state index in [1.54, 1.807) is 19.1 Å². The first kappa shape index (κ1) is 16.5. The summed E-state index contributed by atoms with van der Waals surface area (Å²) in [6.45, 7) is 4.09. The molecule has 0 unspecified atom stereocenters. The standard InChI is InChI=1S/C16H19NO4S/c1-3-11-5-7-12(8-6-11)17-14(18)9-13(16(17)20)22-10-15(19)21-4-2/h5-8,13H,3-4,9-10H2,1-2H3/t13-/m1/s1. The van der Waals surface area contributed by atoms with Crippen molar-refractivity contribution in [2.24, 2.45) is 0 Å². The largest absolute Gasteiger partial charge is 0.465 e. The van der Waals surface area contributed by atoms with Crippen LogP contribution in [0, 0.1) is 0 Å². The number of hydrogen-bond donors (Lipinski definition) is 0. The van der Waals surface area contributed by atoms with Crippen LogP contribution in [0.25, 0.3) is 0 Å². The Morgan fingerprint density at radius 2 is 1.95 bits per heavy atom. The smallest absolute Gasteiger partial charge is 0.315 e. The van der Waals surface area contributed by atoms with Crippen molar-refractivity contribution in [1.82, 2.24) is 0 Å². The Kier molecular flexibility index (Phi) is 5.60. The van der Waals surface area contributed by atoms with E-state index >= 15 is 0 Å². The molecule has 0 spiro atoms. The number of imide groups is 1. The molecule has 0 saturated carbocycles. The van der Waals surface area contributed by atoms with Crippen LogP contribution in [-0.2, 0) is 25.5 Å². The zero-order chi connectivity index (χ0) is 16.1. The van der Waals surface area contributed by atoms with Crippen LogP contribution in [0.4, 0.5) is 5.69 Å². The number of thioether (sulfide) groups is 1. The second-order valence-electron chi connectivity index (χ2n) is 4.90. The van der Waals surface area contributed by atoms with E-state index in [2.05, 4.69) is 0 Å². The quantitative estimate of drug-likeness (QED) is 0.593. The lowest BCUT2D eigenvalue weighted by Gasteiger charge is -2.15. The number of nitrogens with zero attached hydrogens (tertiary/aromatic N) is 1. The summed E-state index contributed by atoms with van der Waals surface area (Å²) in [4.78, 5) is 37.0. The lowest BCUT2D eigenvalue weighted by Crippen LogP contribution is -2.31. The van der Waals surface area contributed by atoms with Gasteiger partial charge in [0.15, 0.2) is 0 Å². The van der Waals surface area contributed by atoms with Crippen LogP contribution < -0.4 is 4.90 Å². The number of rotatable bonds is 6. The van der Waals surface area contributed by atoms with E-state index in [0.717, 1.165) is 23.7 Å². The Hall–Kier alpha value is -1.82. The molecule has 22 heavy (non-hydrogen) atoms. The molecule has 5 nitrogen and oxygen atoms in total. The molecule has 1 saturated heterocycles. The van der Waals surface area contributed by atoms with Crippen LogP contribution in [0.15, 0.2) is 24.3 Å². The van der Waals surface area contributed by atoms with Gasteiger partial charge in [-0.3, -0.25) is 14.4 Å². The first-order chi connectivity index (χ1) is 10.6. The second-order valence-corrected chi connectivity index (χ2v) is 6.09. The molecule has 0 aromatic heterocycles. The number of hydrogen-bond acceptors (Lipinski definition) is 5. The van der Waals surface area contributed by atoms with Crippen molar-refractivity contribution in [3.63, 3.8) is 0 Å². The summed E-state index contributed by atoms with van der Waals surface area (Å²) >= 11 is 1.16. The lowest BCUT2D eigenvalue weighted by atomic mass is 10.1. The highest BCUT2D eigenvalue weighted by Gasteiger charge is 2.40. The molecule has 1 aliphatic heterocycles. The van der Waals surface area contributed by atoms with Gasteiger partial charge in [0.25, 0.3) is 0 Å². The van der Waals surface area contributed by atoms with Gasteiger partial charge in [-0.05, 0) is 31.0 Å². The van der Waals surface area contributed by atoms with Gasteiger partial charge in [0, 0.05) is 6.42 Å². The van der Waals surface area contributed by atoms with Crippen molar-refractivity contribution < 1.29 is 19.1 Å². The zero-order valence-corrected chi connectivity index (χ0v) is 13.5. The first-order valence-corrected chi connectivity index (χ1v) is 8.34. The third kappa shape index (κ3) is 3.68. The predicted molar refractivity (Wildman–Crippen MR) is 85.8 cm³/mol. The maximum atomic E-state index is 12.4. The fourth-order valence-electron chi connectivity index (χ4n) is 2.26. The Morgan fingerprint density at radius 3 is 2.55 bits per heavy atom. The number of amides is 2. The molecule has 118 valence electrons. The zero-order valence-electron chi connectivity index (χ0n) is 12.7. The van der Waals surface area contributed by atoms with Crippen LogP contribution in [0.2, 0.25) is 0 Å². The normalized spacial score (nSPS) is 17.9. The van der Waals surface area contributed by atoms with Gasteiger partial charge in [-0.1, -0.05) is 19.1 Å². The minimum Gasteiger partial charge on any atom is -0.465 e. The van der Waals surface area contributed by atoms with Gasteiger partial charge in [-0.15, -0.1) is 11.8 Å². The third-order valence-electron chi connectivity index (χ3n) is 3.42. The molecule has 0 aliphatic carbocycles. The molecular weight excluding hydrogens is 302 g/mol. The molecule has 2 amide bonds. The highest BCUT2D eigenvalue weighted by atomic mass is 32.2. The van der Waals surface area contributed by atoms with E-state index in [1.165, 1.54) is 4.90 Å². The fraction of sp³-hybridized carbons (Fsp3) is 0.438. The molecule has 0 radical (unpaired) electrons. The average Bonchev–Trinajstić information content (AvgIpc) is 2.80. The number of carbonyl (C=O) groups is 3. The van der Waals surface area contributed by atoms with Crippen molar-refractivity contribution in [2.45, 2.75) is 31.9 Å². The molecule has 0 N–H and O–H groups in total. The summed E-state index contributed by atoms with van der Waals surface area (Å²) in [5.41, 5.74) is 1.74. The minimum atomic E-state index is -0.511. The van der Waals surface area contributed by atoms with Crippen molar-refractivity contribution in [3.05, 3.63) is 29.8 Å². The molecule has 6 heteroatoms. The lowest BCUT2D eigenvalue weighted by molar-refractivity contribution is -0.139. The second kappa shape index (κ2) is 7.45. The van der Waals surface area contributed by atoms with Crippen LogP contribution in [-0.4, -0.2) is 35.4 Å². The third-order valence-corrected chi connectivity index (χ3v) is 4.59. The molecule has 1 heterocycles. The van der Waals surface area contributed by atoms with E-state index in [9.17, 15) is 14.4 Å². The Balaban J connectivity index is 2.03.